The van der Waals surface area contributed by atoms with E-state index in [4.69, 9.17) is 9.47 Å². The van der Waals surface area contributed by atoms with Gasteiger partial charge in [-0.2, -0.15) is 0 Å². The standard InChI is InChI=1S/C28H46O5/c1-4-5-10-20(2)11-8-13-23-24-18-21(12-9-14-25(29)28(30)31-3)17-22(24)19-26(23)33-27-15-6-7-16-32-27/h8,12-13,20,22-27,29H,4-7,9-11,14-19H2,1-3H3/t20?,22-,23-,24+,25?,26-,27?/m1/s1. The summed E-state index contributed by atoms with van der Waals surface area (Å²) in [7, 11) is 1.32. The summed E-state index contributed by atoms with van der Waals surface area (Å²) in [5.74, 6) is 1.92. The Balaban J connectivity index is 1.58. The molecule has 3 aliphatic rings. The number of aliphatic hydroxyl groups is 1. The Bertz CT molecular complexity index is 651. The van der Waals surface area contributed by atoms with Crippen LogP contribution in [0, 0.1) is 23.7 Å². The highest BCUT2D eigenvalue weighted by Crippen LogP contribution is 2.52. The normalized spacial score (nSPS) is 32.8. The van der Waals surface area contributed by atoms with Crippen molar-refractivity contribution in [2.24, 2.45) is 23.7 Å². The molecular formula is C28H46O5. The van der Waals surface area contributed by atoms with Crippen molar-refractivity contribution in [2.75, 3.05) is 13.7 Å². The highest BCUT2D eigenvalue weighted by molar-refractivity contribution is 5.74. The second-order valence-corrected chi connectivity index (χ2v) is 10.5. The number of esters is 1. The van der Waals surface area contributed by atoms with Gasteiger partial charge in [0.2, 0.25) is 0 Å². The molecule has 3 fully saturated rings. The minimum atomic E-state index is -1.02. The highest BCUT2D eigenvalue weighted by Gasteiger charge is 2.47. The van der Waals surface area contributed by atoms with E-state index in [2.05, 4.69) is 36.8 Å². The summed E-state index contributed by atoms with van der Waals surface area (Å²) < 4.78 is 17.1. The number of ether oxygens (including phenoxy) is 3. The van der Waals surface area contributed by atoms with Crippen LogP contribution in [0.3, 0.4) is 0 Å². The number of aliphatic hydroxyl groups excluding tert-OH is 1. The average molecular weight is 463 g/mol. The minimum absolute atomic E-state index is 0.0308. The smallest absolute Gasteiger partial charge is 0.334 e. The van der Waals surface area contributed by atoms with Gasteiger partial charge in [-0.15, -0.1) is 0 Å². The molecule has 3 unspecified atom stereocenters. The van der Waals surface area contributed by atoms with Crippen molar-refractivity contribution in [3.63, 3.8) is 0 Å². The van der Waals surface area contributed by atoms with Crippen LogP contribution < -0.4 is 0 Å². The Morgan fingerprint density at radius 1 is 1.27 bits per heavy atom. The van der Waals surface area contributed by atoms with Gasteiger partial charge in [0.1, 0.15) is 0 Å². The number of carbonyl (C=O) groups excluding carboxylic acids is 1. The Kier molecular flexibility index (Phi) is 10.9. The molecule has 1 aliphatic heterocycles. The maximum absolute atomic E-state index is 11.4. The maximum Gasteiger partial charge on any atom is 0.334 e. The van der Waals surface area contributed by atoms with E-state index in [0.717, 1.165) is 57.5 Å². The molecule has 7 atom stereocenters. The number of hydrogen-bond donors (Lipinski definition) is 1. The first-order valence-corrected chi connectivity index (χ1v) is 13.4. The van der Waals surface area contributed by atoms with Crippen molar-refractivity contribution in [3.8, 4) is 0 Å². The fraction of sp³-hybridized carbons (Fsp3) is 0.821. The van der Waals surface area contributed by atoms with E-state index in [1.165, 1.54) is 38.4 Å². The highest BCUT2D eigenvalue weighted by atomic mass is 16.7. The van der Waals surface area contributed by atoms with Gasteiger partial charge in [-0.3, -0.25) is 0 Å². The number of fused-ring (bicyclic) bond motifs is 1. The zero-order valence-electron chi connectivity index (χ0n) is 21.0. The third kappa shape index (κ3) is 7.93. The molecule has 188 valence electrons. The Labute approximate surface area is 200 Å². The van der Waals surface area contributed by atoms with Gasteiger partial charge in [-0.25, -0.2) is 4.79 Å². The van der Waals surface area contributed by atoms with Crippen molar-refractivity contribution >= 4 is 5.97 Å². The molecule has 2 aliphatic carbocycles. The maximum atomic E-state index is 11.4. The first-order valence-electron chi connectivity index (χ1n) is 13.4. The Morgan fingerprint density at radius 3 is 2.85 bits per heavy atom. The van der Waals surface area contributed by atoms with E-state index in [1.807, 2.05) is 0 Å². The first kappa shape index (κ1) is 26.4. The second-order valence-electron chi connectivity index (χ2n) is 10.5. The minimum Gasteiger partial charge on any atom is -0.467 e. The average Bonchev–Trinajstić information content (AvgIpc) is 3.35. The molecule has 1 heterocycles. The Morgan fingerprint density at radius 2 is 2.12 bits per heavy atom. The van der Waals surface area contributed by atoms with Crippen LogP contribution in [0.25, 0.3) is 0 Å². The molecule has 3 rings (SSSR count). The molecule has 1 saturated heterocycles. The SMILES string of the molecule is CCCCC(C)CC=C[C@@H]1[C@H]2CC(=CCCC(O)C(=O)OC)C[C@@H]2C[C@H]1OC1CCCCO1. The lowest BCUT2D eigenvalue weighted by molar-refractivity contribution is -0.193. The number of hydrogen-bond acceptors (Lipinski definition) is 5. The van der Waals surface area contributed by atoms with Gasteiger partial charge in [-0.05, 0) is 75.5 Å². The summed E-state index contributed by atoms with van der Waals surface area (Å²) in [6, 6.07) is 0. The number of rotatable bonds is 12. The molecule has 5 nitrogen and oxygen atoms in total. The molecule has 0 aromatic carbocycles. The third-order valence-corrected chi connectivity index (χ3v) is 7.84. The van der Waals surface area contributed by atoms with E-state index in [1.54, 1.807) is 0 Å². The van der Waals surface area contributed by atoms with Gasteiger partial charge in [0, 0.05) is 12.5 Å². The molecule has 0 spiro atoms. The van der Waals surface area contributed by atoms with Crippen LogP contribution in [0.2, 0.25) is 0 Å². The molecule has 0 amide bonds. The zero-order chi connectivity index (χ0) is 23.6. The monoisotopic (exact) mass is 462 g/mol. The topological polar surface area (TPSA) is 65.0 Å². The van der Waals surface area contributed by atoms with Crippen LogP contribution in [0.1, 0.15) is 90.9 Å². The summed E-state index contributed by atoms with van der Waals surface area (Å²) in [4.78, 5) is 11.4. The molecule has 1 N–H and O–H groups in total. The predicted octanol–water partition coefficient (Wildman–Crippen LogP) is 5.96. The Hall–Kier alpha value is -1.17. The van der Waals surface area contributed by atoms with Crippen LogP contribution in [0.4, 0.5) is 0 Å². The van der Waals surface area contributed by atoms with Gasteiger partial charge < -0.3 is 19.3 Å². The molecule has 0 aromatic rings. The molecule has 0 bridgehead atoms. The van der Waals surface area contributed by atoms with Crippen LogP contribution in [-0.2, 0) is 19.0 Å². The van der Waals surface area contributed by atoms with Crippen LogP contribution in [-0.4, -0.2) is 43.3 Å². The zero-order valence-corrected chi connectivity index (χ0v) is 21.0. The fourth-order valence-electron chi connectivity index (χ4n) is 5.91. The van der Waals surface area contributed by atoms with Gasteiger partial charge in [0.05, 0.1) is 13.2 Å². The van der Waals surface area contributed by atoms with Gasteiger partial charge >= 0.3 is 5.97 Å². The summed E-state index contributed by atoms with van der Waals surface area (Å²) >= 11 is 0. The lowest BCUT2D eigenvalue weighted by atomic mass is 9.89. The van der Waals surface area contributed by atoms with E-state index >= 15 is 0 Å². The largest absolute Gasteiger partial charge is 0.467 e. The van der Waals surface area contributed by atoms with Crippen molar-refractivity contribution < 1.29 is 24.1 Å². The van der Waals surface area contributed by atoms with Crippen molar-refractivity contribution in [2.45, 2.75) is 109 Å². The lowest BCUT2D eigenvalue weighted by Gasteiger charge is -2.29. The summed E-state index contributed by atoms with van der Waals surface area (Å²) in [5, 5.41) is 9.84. The van der Waals surface area contributed by atoms with Gasteiger partial charge in [-0.1, -0.05) is 56.9 Å². The second kappa shape index (κ2) is 13.7. The first-order chi connectivity index (χ1) is 16.0. The van der Waals surface area contributed by atoms with Crippen molar-refractivity contribution in [1.82, 2.24) is 0 Å². The van der Waals surface area contributed by atoms with Crippen LogP contribution in [0.5, 0.6) is 0 Å². The molecule has 2 saturated carbocycles. The van der Waals surface area contributed by atoms with E-state index < -0.39 is 12.1 Å². The third-order valence-electron chi connectivity index (χ3n) is 7.84. The lowest BCUT2D eigenvalue weighted by Crippen LogP contribution is -2.30. The summed E-state index contributed by atoms with van der Waals surface area (Å²) in [6.45, 7) is 5.45. The van der Waals surface area contributed by atoms with Gasteiger partial charge in [0.25, 0.3) is 0 Å². The van der Waals surface area contributed by atoms with Gasteiger partial charge in [0.15, 0.2) is 12.4 Å². The number of unbranched alkanes of at least 4 members (excludes halogenated alkanes) is 1. The quantitative estimate of drug-likeness (QED) is 0.286. The predicted molar refractivity (Wildman–Crippen MR) is 131 cm³/mol. The fourth-order valence-corrected chi connectivity index (χ4v) is 5.91. The molecular weight excluding hydrogens is 416 g/mol. The number of carbonyl (C=O) groups is 1. The molecule has 0 radical (unpaired) electrons. The summed E-state index contributed by atoms with van der Waals surface area (Å²) in [6.07, 6.45) is 19.2. The van der Waals surface area contributed by atoms with E-state index in [0.29, 0.717) is 24.2 Å². The van der Waals surface area contributed by atoms with Crippen molar-refractivity contribution in [3.05, 3.63) is 23.8 Å². The molecule has 5 heteroatoms. The summed E-state index contributed by atoms with van der Waals surface area (Å²) in [5.41, 5.74) is 1.48. The van der Waals surface area contributed by atoms with Crippen LogP contribution >= 0.6 is 0 Å². The van der Waals surface area contributed by atoms with E-state index in [9.17, 15) is 9.90 Å². The van der Waals surface area contributed by atoms with Crippen molar-refractivity contribution in [1.29, 1.82) is 0 Å². The molecule has 0 aromatic heterocycles. The number of allylic oxidation sites excluding steroid dienone is 3. The number of methoxy groups -OCH3 is 1. The van der Waals surface area contributed by atoms with Crippen LogP contribution in [0.15, 0.2) is 23.8 Å². The molecule has 33 heavy (non-hydrogen) atoms. The van der Waals surface area contributed by atoms with E-state index in [-0.39, 0.29) is 12.4 Å².